The number of aliphatic hydroxyl groups is 1. The van der Waals surface area contributed by atoms with E-state index in [1.54, 1.807) is 0 Å². The van der Waals surface area contributed by atoms with Gasteiger partial charge in [0.05, 0.1) is 5.02 Å². The summed E-state index contributed by atoms with van der Waals surface area (Å²) in [6, 6.07) is 1.22. The summed E-state index contributed by atoms with van der Waals surface area (Å²) in [6.07, 6.45) is 2.04. The van der Waals surface area contributed by atoms with Gasteiger partial charge >= 0.3 is 0 Å². The second-order valence-corrected chi connectivity index (χ2v) is 4.91. The molecule has 0 fully saturated rings. The van der Waals surface area contributed by atoms with Gasteiger partial charge in [0.25, 0.3) is 0 Å². The highest BCUT2D eigenvalue weighted by Crippen LogP contribution is 2.22. The molecule has 2 N–H and O–H groups in total. The van der Waals surface area contributed by atoms with Crippen molar-refractivity contribution >= 4 is 17.4 Å². The third kappa shape index (κ3) is 3.94. The van der Waals surface area contributed by atoms with Crippen molar-refractivity contribution in [3.05, 3.63) is 23.1 Å². The first-order valence-electron chi connectivity index (χ1n) is 5.10. The van der Waals surface area contributed by atoms with Gasteiger partial charge in [0, 0.05) is 19.3 Å². The summed E-state index contributed by atoms with van der Waals surface area (Å²) in [5, 5.41) is 12.0. The smallest absolute Gasteiger partial charge is 0.166 e. The van der Waals surface area contributed by atoms with Crippen LogP contribution in [0.25, 0.3) is 0 Å². The van der Waals surface area contributed by atoms with Crippen LogP contribution in [0.15, 0.2) is 12.3 Å². The minimum absolute atomic E-state index is 0.109. The largest absolute Gasteiger partial charge is 0.396 e. The van der Waals surface area contributed by atoms with E-state index in [-0.39, 0.29) is 22.9 Å². The lowest BCUT2D eigenvalue weighted by Crippen LogP contribution is -2.25. The van der Waals surface area contributed by atoms with Crippen LogP contribution in [0.3, 0.4) is 0 Å². The Hall–Kier alpha value is -0.870. The number of aromatic nitrogens is 1. The van der Waals surface area contributed by atoms with Crippen LogP contribution in [-0.4, -0.2) is 23.2 Å². The van der Waals surface area contributed by atoms with E-state index in [4.69, 9.17) is 16.7 Å². The van der Waals surface area contributed by atoms with Crippen molar-refractivity contribution in [2.24, 2.45) is 5.41 Å². The molecule has 1 aromatic rings. The summed E-state index contributed by atoms with van der Waals surface area (Å²) in [7, 11) is 0. The number of hydrogen-bond donors (Lipinski definition) is 2. The fourth-order valence-corrected chi connectivity index (χ4v) is 1.40. The van der Waals surface area contributed by atoms with Gasteiger partial charge in [0.15, 0.2) is 11.6 Å². The van der Waals surface area contributed by atoms with Gasteiger partial charge < -0.3 is 10.4 Å². The van der Waals surface area contributed by atoms with Gasteiger partial charge in [0.2, 0.25) is 0 Å². The molecule has 0 saturated carbocycles. The predicted octanol–water partition coefficient (Wildman–Crippen LogP) is 2.69. The van der Waals surface area contributed by atoms with Crippen molar-refractivity contribution in [2.45, 2.75) is 20.3 Å². The van der Waals surface area contributed by atoms with Crippen molar-refractivity contribution in [3.8, 4) is 0 Å². The van der Waals surface area contributed by atoms with Crippen molar-refractivity contribution in [1.82, 2.24) is 4.98 Å². The lowest BCUT2D eigenvalue weighted by atomic mass is 9.90. The molecule has 1 heterocycles. The minimum Gasteiger partial charge on any atom is -0.396 e. The van der Waals surface area contributed by atoms with Crippen LogP contribution in [0, 0.1) is 11.2 Å². The highest BCUT2D eigenvalue weighted by atomic mass is 35.5. The maximum Gasteiger partial charge on any atom is 0.166 e. The van der Waals surface area contributed by atoms with Crippen LogP contribution < -0.4 is 5.32 Å². The molecule has 0 aliphatic rings. The molecule has 0 aliphatic heterocycles. The topological polar surface area (TPSA) is 45.1 Å². The van der Waals surface area contributed by atoms with Crippen LogP contribution in [0.2, 0.25) is 5.02 Å². The molecule has 3 nitrogen and oxygen atoms in total. The van der Waals surface area contributed by atoms with Crippen LogP contribution in [0.4, 0.5) is 10.2 Å². The molecule has 0 unspecified atom stereocenters. The second-order valence-electron chi connectivity index (χ2n) is 4.48. The zero-order chi connectivity index (χ0) is 12.2. The van der Waals surface area contributed by atoms with Crippen LogP contribution >= 0.6 is 11.6 Å². The fourth-order valence-electron chi connectivity index (χ4n) is 1.26. The monoisotopic (exact) mass is 246 g/mol. The maximum absolute atomic E-state index is 13.4. The number of nitrogens with zero attached hydrogens (tertiary/aromatic N) is 1. The minimum atomic E-state index is -0.465. The number of nitrogens with one attached hydrogen (secondary N) is 1. The first kappa shape index (κ1) is 13.2. The van der Waals surface area contributed by atoms with E-state index in [1.807, 2.05) is 13.8 Å². The number of anilines is 1. The third-order valence-electron chi connectivity index (χ3n) is 2.33. The molecule has 5 heteroatoms. The highest BCUT2D eigenvalue weighted by molar-refractivity contribution is 6.30. The normalized spacial score (nSPS) is 11.6. The SMILES string of the molecule is CC(C)(CCO)CNc1ncc(Cl)cc1F. The molecule has 90 valence electrons. The van der Waals surface area contributed by atoms with Crippen LogP contribution in [-0.2, 0) is 0 Å². The van der Waals surface area contributed by atoms with E-state index >= 15 is 0 Å². The van der Waals surface area contributed by atoms with Gasteiger partial charge in [-0.05, 0) is 17.9 Å². The first-order valence-corrected chi connectivity index (χ1v) is 5.48. The fraction of sp³-hybridized carbons (Fsp3) is 0.545. The first-order chi connectivity index (χ1) is 7.44. The molecular formula is C11H16ClFN2O. The summed E-state index contributed by atoms with van der Waals surface area (Å²) >= 11 is 5.59. The number of pyridine rings is 1. The Kier molecular flexibility index (Phi) is 4.50. The van der Waals surface area contributed by atoms with Gasteiger partial charge in [0.1, 0.15) is 0 Å². The lowest BCUT2D eigenvalue weighted by molar-refractivity contribution is 0.220. The average molecular weight is 247 g/mol. The summed E-state index contributed by atoms with van der Waals surface area (Å²) in [5.74, 6) is -0.275. The summed E-state index contributed by atoms with van der Waals surface area (Å²) in [4.78, 5) is 3.86. The van der Waals surface area contributed by atoms with Crippen LogP contribution in [0.1, 0.15) is 20.3 Å². The van der Waals surface area contributed by atoms with Crippen molar-refractivity contribution in [2.75, 3.05) is 18.5 Å². The summed E-state index contributed by atoms with van der Waals surface area (Å²) in [5.41, 5.74) is -0.109. The lowest BCUT2D eigenvalue weighted by Gasteiger charge is -2.24. The molecule has 1 rings (SSSR count). The number of hydrogen-bond acceptors (Lipinski definition) is 3. The molecule has 0 atom stereocenters. The molecule has 1 aromatic heterocycles. The van der Waals surface area contributed by atoms with Gasteiger partial charge in [-0.3, -0.25) is 0 Å². The zero-order valence-electron chi connectivity index (χ0n) is 9.43. The second kappa shape index (κ2) is 5.46. The predicted molar refractivity (Wildman–Crippen MR) is 63.2 cm³/mol. The Bertz CT molecular complexity index is 358. The summed E-state index contributed by atoms with van der Waals surface area (Å²) < 4.78 is 13.4. The molecule has 16 heavy (non-hydrogen) atoms. The zero-order valence-corrected chi connectivity index (χ0v) is 10.2. The van der Waals surface area contributed by atoms with E-state index in [0.29, 0.717) is 13.0 Å². The van der Waals surface area contributed by atoms with E-state index in [1.165, 1.54) is 12.3 Å². The average Bonchev–Trinajstić information content (AvgIpc) is 2.16. The van der Waals surface area contributed by atoms with Crippen molar-refractivity contribution in [3.63, 3.8) is 0 Å². The Morgan fingerprint density at radius 3 is 2.81 bits per heavy atom. The highest BCUT2D eigenvalue weighted by Gasteiger charge is 2.17. The van der Waals surface area contributed by atoms with E-state index in [2.05, 4.69) is 10.3 Å². The molecule has 0 aliphatic carbocycles. The molecule has 0 aromatic carbocycles. The number of rotatable bonds is 5. The standard InChI is InChI=1S/C11H16ClFN2O/c1-11(2,3-4-16)7-15-10-9(13)5-8(12)6-14-10/h5-6,16H,3-4,7H2,1-2H3,(H,14,15). The van der Waals surface area contributed by atoms with Gasteiger partial charge in [-0.15, -0.1) is 0 Å². The van der Waals surface area contributed by atoms with E-state index in [0.717, 1.165) is 0 Å². The van der Waals surface area contributed by atoms with E-state index in [9.17, 15) is 4.39 Å². The Morgan fingerprint density at radius 2 is 2.25 bits per heavy atom. The third-order valence-corrected chi connectivity index (χ3v) is 2.54. The van der Waals surface area contributed by atoms with Gasteiger partial charge in [-0.25, -0.2) is 9.37 Å². The molecule has 0 radical (unpaired) electrons. The Labute approximate surface area is 99.7 Å². The molecule has 0 bridgehead atoms. The van der Waals surface area contributed by atoms with Crippen LogP contribution in [0.5, 0.6) is 0 Å². The van der Waals surface area contributed by atoms with Crippen molar-refractivity contribution in [1.29, 1.82) is 0 Å². The molecule has 0 spiro atoms. The quantitative estimate of drug-likeness (QED) is 0.840. The number of halogens is 2. The Balaban J connectivity index is 2.61. The Morgan fingerprint density at radius 1 is 1.56 bits per heavy atom. The van der Waals surface area contributed by atoms with Crippen molar-refractivity contribution < 1.29 is 9.50 Å². The van der Waals surface area contributed by atoms with Gasteiger partial charge in [-0.2, -0.15) is 0 Å². The number of aliphatic hydroxyl groups excluding tert-OH is 1. The molecular weight excluding hydrogens is 231 g/mol. The molecule has 0 saturated heterocycles. The van der Waals surface area contributed by atoms with E-state index < -0.39 is 5.82 Å². The van der Waals surface area contributed by atoms with Gasteiger partial charge in [-0.1, -0.05) is 25.4 Å². The molecule has 0 amide bonds. The summed E-state index contributed by atoms with van der Waals surface area (Å²) in [6.45, 7) is 4.64. The maximum atomic E-state index is 13.4.